The van der Waals surface area contributed by atoms with Gasteiger partial charge in [0.2, 0.25) is 11.8 Å². The predicted molar refractivity (Wildman–Crippen MR) is 203 cm³/mol. The van der Waals surface area contributed by atoms with E-state index < -0.39 is 42.1 Å². The second kappa shape index (κ2) is 19.3. The number of carboxylic acid groups (broad SMARTS) is 1. The van der Waals surface area contributed by atoms with Crippen molar-refractivity contribution in [3.8, 4) is 11.1 Å². The molecule has 3 aromatic carbocycles. The van der Waals surface area contributed by atoms with Gasteiger partial charge in [-0.25, -0.2) is 14.4 Å². The van der Waals surface area contributed by atoms with Gasteiger partial charge in [-0.1, -0.05) is 81.1 Å². The second-order valence-corrected chi connectivity index (χ2v) is 13.3. The maximum atomic E-state index is 13.7. The Labute approximate surface area is 314 Å². The van der Waals surface area contributed by atoms with Crippen molar-refractivity contribution in [3.63, 3.8) is 0 Å². The Morgan fingerprint density at radius 2 is 1.62 bits per heavy atom. The molecule has 3 aromatic rings. The average Bonchev–Trinajstić information content (AvgIpc) is 3.45. The molecule has 2 atom stereocenters. The number of nitrogens with two attached hydrogens (primary N) is 1. The normalized spacial score (nSPS) is 12.8. The number of halogens is 1. The van der Waals surface area contributed by atoms with Gasteiger partial charge in [0.05, 0.1) is 0 Å². The third kappa shape index (κ3) is 11.0. The molecular weight excluding hydrogens is 700 g/mol. The Morgan fingerprint density at radius 3 is 2.21 bits per heavy atom. The highest BCUT2D eigenvalue weighted by molar-refractivity contribution is 6.17. The van der Waals surface area contributed by atoms with Gasteiger partial charge in [0.1, 0.15) is 18.7 Å². The number of hydrogen-bond donors (Lipinski definition) is 6. The summed E-state index contributed by atoms with van der Waals surface area (Å²) in [7, 11) is 0. The number of benzene rings is 3. The summed E-state index contributed by atoms with van der Waals surface area (Å²) in [5.74, 6) is -1.37. The number of urea groups is 1. The smallest absolute Gasteiger partial charge is 0.408 e. The molecule has 0 heterocycles. The molecule has 0 radical (unpaired) electrons. The molecule has 282 valence electrons. The van der Waals surface area contributed by atoms with Crippen LogP contribution in [0.3, 0.4) is 0 Å². The number of hydrogen-bond acceptors (Lipinski definition) is 6. The Bertz CT molecular complexity index is 1760. The van der Waals surface area contributed by atoms with Crippen LogP contribution in [-0.2, 0) is 26.8 Å². The molecule has 14 heteroatoms. The van der Waals surface area contributed by atoms with Crippen LogP contribution in [0.4, 0.5) is 20.1 Å². The lowest BCUT2D eigenvalue weighted by Crippen LogP contribution is -2.54. The summed E-state index contributed by atoms with van der Waals surface area (Å²) in [4.78, 5) is 64.4. The fourth-order valence-corrected chi connectivity index (χ4v) is 6.66. The summed E-state index contributed by atoms with van der Waals surface area (Å²) >= 11 is 6.28. The Hall–Kier alpha value is -5.56. The highest BCUT2D eigenvalue weighted by Crippen LogP contribution is 2.46. The largest absolute Gasteiger partial charge is 0.465 e. The Kier molecular flexibility index (Phi) is 14.7. The number of alkyl carbamates (subject to hydrolysis) is 1. The van der Waals surface area contributed by atoms with Crippen molar-refractivity contribution in [1.82, 2.24) is 20.9 Å². The van der Waals surface area contributed by atoms with Crippen molar-refractivity contribution in [2.45, 2.75) is 63.5 Å². The van der Waals surface area contributed by atoms with E-state index in [4.69, 9.17) is 22.1 Å². The molecule has 53 heavy (non-hydrogen) atoms. The summed E-state index contributed by atoms with van der Waals surface area (Å²) in [6.45, 7) is 7.35. The minimum atomic E-state index is -1.09. The SMILES string of the molecule is C=CCOC(=O)NC(C(=O)NC(CCCNC(N)=O)C(=O)Nc1ccc(CCl)c(CN(CCC2c3ccccc3-c3ccccc32)C(=O)O)c1)C(C)C. The van der Waals surface area contributed by atoms with Gasteiger partial charge >= 0.3 is 18.2 Å². The first-order valence-corrected chi connectivity index (χ1v) is 18.0. The highest BCUT2D eigenvalue weighted by atomic mass is 35.5. The number of amides is 6. The van der Waals surface area contributed by atoms with Crippen LogP contribution in [0.1, 0.15) is 61.3 Å². The summed E-state index contributed by atoms with van der Waals surface area (Å²) in [5.41, 5.74) is 11.5. The lowest BCUT2D eigenvalue weighted by Gasteiger charge is -2.25. The van der Waals surface area contributed by atoms with Gasteiger partial charge in [0, 0.05) is 37.1 Å². The molecule has 1 aliphatic carbocycles. The first-order chi connectivity index (χ1) is 25.4. The molecule has 2 unspecified atom stereocenters. The summed E-state index contributed by atoms with van der Waals surface area (Å²) < 4.78 is 4.97. The maximum absolute atomic E-state index is 13.7. The van der Waals surface area contributed by atoms with E-state index in [1.54, 1.807) is 32.0 Å². The fraction of sp³-hybridized carbons (Fsp3) is 0.359. The molecule has 0 spiro atoms. The van der Waals surface area contributed by atoms with Gasteiger partial charge in [0.15, 0.2) is 0 Å². The molecule has 6 amide bonds. The number of alkyl halides is 1. The van der Waals surface area contributed by atoms with Crippen molar-refractivity contribution in [3.05, 3.63) is 102 Å². The maximum Gasteiger partial charge on any atom is 0.408 e. The predicted octanol–water partition coefficient (Wildman–Crippen LogP) is 5.92. The number of carbonyl (C=O) groups is 5. The number of nitrogens with zero attached hydrogens (tertiary/aromatic N) is 1. The van der Waals surface area contributed by atoms with E-state index in [2.05, 4.69) is 52.1 Å². The number of ether oxygens (including phenoxy) is 1. The first kappa shape index (κ1) is 40.2. The van der Waals surface area contributed by atoms with E-state index in [1.165, 1.54) is 22.1 Å². The number of fused-ring (bicyclic) bond motifs is 3. The van der Waals surface area contributed by atoms with E-state index in [-0.39, 0.29) is 50.4 Å². The molecule has 7 N–H and O–H groups in total. The van der Waals surface area contributed by atoms with Crippen molar-refractivity contribution in [1.29, 1.82) is 0 Å². The molecule has 0 aliphatic heterocycles. The zero-order valence-electron chi connectivity index (χ0n) is 29.9. The van der Waals surface area contributed by atoms with Crippen LogP contribution < -0.4 is 27.0 Å². The number of rotatable bonds is 18. The summed E-state index contributed by atoms with van der Waals surface area (Å²) in [5, 5.41) is 20.8. The van der Waals surface area contributed by atoms with Crippen LogP contribution in [0.15, 0.2) is 79.4 Å². The molecule has 0 fully saturated rings. The van der Waals surface area contributed by atoms with Crippen molar-refractivity contribution in [2.75, 3.05) is 25.0 Å². The van der Waals surface area contributed by atoms with Crippen LogP contribution in [0, 0.1) is 5.92 Å². The summed E-state index contributed by atoms with van der Waals surface area (Å²) in [6, 6.07) is 18.6. The lowest BCUT2D eigenvalue weighted by atomic mass is 9.93. The van der Waals surface area contributed by atoms with Gasteiger partial charge in [-0.15, -0.1) is 11.6 Å². The standard InChI is InChI=1S/C39H47ClN6O7/c1-4-20-53-38(50)45-34(24(2)3)36(48)44-33(14-9-18-42-37(41)49)35(47)43-27-16-15-25(22-40)26(21-27)23-46(39(51)52)19-17-32-30-12-7-5-10-28(30)29-11-6-8-13-31(29)32/h4-8,10-13,15-16,21,24,32-34H,1,9,14,17-20,22-23H2,2-3H3,(H,43,47)(H,44,48)(H,45,50)(H,51,52)(H3,41,42,49). The van der Waals surface area contributed by atoms with Gasteiger partial charge in [-0.3, -0.25) is 9.59 Å². The first-order valence-electron chi connectivity index (χ1n) is 17.5. The van der Waals surface area contributed by atoms with Crippen LogP contribution in [0.25, 0.3) is 11.1 Å². The second-order valence-electron chi connectivity index (χ2n) is 13.1. The number of anilines is 1. The fourth-order valence-electron chi connectivity index (χ4n) is 6.40. The summed E-state index contributed by atoms with van der Waals surface area (Å²) in [6.07, 6.45) is 0.471. The number of carbonyl (C=O) groups excluding carboxylic acids is 4. The molecule has 0 bridgehead atoms. The molecule has 0 saturated heterocycles. The van der Waals surface area contributed by atoms with E-state index in [0.29, 0.717) is 29.7 Å². The van der Waals surface area contributed by atoms with Crippen molar-refractivity contribution >= 4 is 47.3 Å². The van der Waals surface area contributed by atoms with Crippen LogP contribution >= 0.6 is 11.6 Å². The molecule has 13 nitrogen and oxygen atoms in total. The average molecular weight is 747 g/mol. The monoisotopic (exact) mass is 746 g/mol. The molecular formula is C39H47ClN6O7. The molecule has 0 saturated carbocycles. The van der Waals surface area contributed by atoms with Gasteiger partial charge in [-0.2, -0.15) is 0 Å². The minimum Gasteiger partial charge on any atom is -0.465 e. The van der Waals surface area contributed by atoms with E-state index in [0.717, 1.165) is 11.1 Å². The van der Waals surface area contributed by atoms with E-state index in [1.807, 2.05) is 24.3 Å². The van der Waals surface area contributed by atoms with Crippen LogP contribution in [0.2, 0.25) is 0 Å². The van der Waals surface area contributed by atoms with Gasteiger partial charge in [0.25, 0.3) is 0 Å². The molecule has 1 aliphatic rings. The van der Waals surface area contributed by atoms with E-state index >= 15 is 0 Å². The topological polar surface area (TPSA) is 192 Å². The highest BCUT2D eigenvalue weighted by Gasteiger charge is 2.31. The van der Waals surface area contributed by atoms with Gasteiger partial charge in [-0.05, 0) is 70.7 Å². The van der Waals surface area contributed by atoms with E-state index in [9.17, 15) is 29.1 Å². The van der Waals surface area contributed by atoms with Gasteiger partial charge < -0.3 is 41.7 Å². The molecule has 0 aromatic heterocycles. The quantitative estimate of drug-likeness (QED) is 0.0529. The zero-order valence-corrected chi connectivity index (χ0v) is 30.7. The number of primary amides is 1. The Balaban J connectivity index is 1.49. The zero-order chi connectivity index (χ0) is 38.5. The van der Waals surface area contributed by atoms with Crippen LogP contribution in [0.5, 0.6) is 0 Å². The van der Waals surface area contributed by atoms with Crippen molar-refractivity contribution in [2.24, 2.45) is 11.7 Å². The third-order valence-electron chi connectivity index (χ3n) is 9.06. The minimum absolute atomic E-state index is 0.0275. The number of nitrogens with one attached hydrogen (secondary N) is 4. The Morgan fingerprint density at radius 1 is 0.962 bits per heavy atom. The molecule has 4 rings (SSSR count). The third-order valence-corrected chi connectivity index (χ3v) is 9.34. The van der Waals surface area contributed by atoms with Crippen LogP contribution in [-0.4, -0.2) is 71.8 Å². The lowest BCUT2D eigenvalue weighted by molar-refractivity contribution is -0.128. The van der Waals surface area contributed by atoms with Crippen molar-refractivity contribution < 1.29 is 33.8 Å².